The molecule has 0 N–H and O–H groups in total. The first kappa shape index (κ1) is 11.7. The van der Waals surface area contributed by atoms with Gasteiger partial charge in [0.1, 0.15) is 0 Å². The molecule has 2 rings (SSSR count). The fourth-order valence-corrected chi connectivity index (χ4v) is 2.31. The number of morpholine rings is 1. The Balaban J connectivity index is 2.15. The third kappa shape index (κ3) is 2.30. The van der Waals surface area contributed by atoms with Crippen molar-refractivity contribution in [2.75, 3.05) is 19.7 Å². The average molecular weight is 288 g/mol. The van der Waals surface area contributed by atoms with Crippen LogP contribution in [0.15, 0.2) is 15.2 Å². The number of hydrogen-bond acceptors (Lipinski definition) is 3. The third-order valence-corrected chi connectivity index (χ3v) is 3.00. The summed E-state index contributed by atoms with van der Waals surface area (Å²) in [5, 5.41) is 0. The van der Waals surface area contributed by atoms with Gasteiger partial charge in [0, 0.05) is 18.7 Å². The normalized spacial score (nSPS) is 21.2. The van der Waals surface area contributed by atoms with E-state index >= 15 is 0 Å². The predicted octanol–water partition coefficient (Wildman–Crippen LogP) is 2.21. The monoisotopic (exact) mass is 287 g/mol. The Bertz CT molecular complexity index is 402. The number of rotatable bonds is 1. The number of ether oxygens (including phenoxy) is 1. The molecule has 2 heterocycles. The minimum absolute atomic E-state index is 0.0571. The summed E-state index contributed by atoms with van der Waals surface area (Å²) in [5.41, 5.74) is 0.857. The number of nitrogens with zero attached hydrogens (tertiary/aromatic N) is 1. The number of carbonyl (C=O) groups is 1. The van der Waals surface area contributed by atoms with Gasteiger partial charge in [0.15, 0.2) is 10.4 Å². The van der Waals surface area contributed by atoms with Crippen molar-refractivity contribution in [1.29, 1.82) is 0 Å². The number of hydrogen-bond donors (Lipinski definition) is 0. The second-order valence-corrected chi connectivity index (χ2v) is 4.78. The Labute approximate surface area is 103 Å². The molecule has 1 fully saturated rings. The Hall–Kier alpha value is -0.810. The molecule has 1 amide bonds. The van der Waals surface area contributed by atoms with Crippen LogP contribution in [0.5, 0.6) is 0 Å². The van der Waals surface area contributed by atoms with Crippen LogP contribution in [0.25, 0.3) is 0 Å². The standard InChI is InChI=1S/C11H14BrNO3/c1-7-5-9(12)16-10(7)11(14)13-3-4-15-8(2)6-13/h5,8H,3-4,6H2,1-2H3. The highest BCUT2D eigenvalue weighted by Gasteiger charge is 2.26. The maximum Gasteiger partial charge on any atom is 0.290 e. The number of aryl methyl sites for hydroxylation is 1. The molecule has 1 aliphatic rings. The predicted molar refractivity (Wildman–Crippen MR) is 62.5 cm³/mol. The van der Waals surface area contributed by atoms with Crippen LogP contribution in [0.4, 0.5) is 0 Å². The van der Waals surface area contributed by atoms with Crippen molar-refractivity contribution in [3.8, 4) is 0 Å². The van der Waals surface area contributed by atoms with Crippen LogP contribution in [0.1, 0.15) is 23.0 Å². The lowest BCUT2D eigenvalue weighted by Gasteiger charge is -2.30. The topological polar surface area (TPSA) is 42.7 Å². The summed E-state index contributed by atoms with van der Waals surface area (Å²) in [4.78, 5) is 13.9. The number of furan rings is 1. The van der Waals surface area contributed by atoms with Crippen LogP contribution in [0.2, 0.25) is 0 Å². The van der Waals surface area contributed by atoms with Crippen LogP contribution in [0.3, 0.4) is 0 Å². The molecule has 1 aromatic heterocycles. The minimum Gasteiger partial charge on any atom is -0.444 e. The molecule has 0 bridgehead atoms. The SMILES string of the molecule is Cc1cc(Br)oc1C(=O)N1CCOC(C)C1. The minimum atomic E-state index is -0.0571. The van der Waals surface area contributed by atoms with Gasteiger partial charge in [0.2, 0.25) is 0 Å². The molecule has 88 valence electrons. The van der Waals surface area contributed by atoms with Gasteiger partial charge in [-0.3, -0.25) is 4.79 Å². The molecule has 0 aliphatic carbocycles. The largest absolute Gasteiger partial charge is 0.444 e. The molecular weight excluding hydrogens is 274 g/mol. The van der Waals surface area contributed by atoms with Crippen molar-refractivity contribution >= 4 is 21.8 Å². The van der Waals surface area contributed by atoms with E-state index in [4.69, 9.17) is 9.15 Å². The van der Waals surface area contributed by atoms with Gasteiger partial charge < -0.3 is 14.1 Å². The fraction of sp³-hybridized carbons (Fsp3) is 0.545. The first-order valence-corrected chi connectivity index (χ1v) is 6.04. The van der Waals surface area contributed by atoms with Gasteiger partial charge in [-0.1, -0.05) is 0 Å². The van der Waals surface area contributed by atoms with Crippen LogP contribution in [0, 0.1) is 6.92 Å². The Kier molecular flexibility index (Phi) is 3.35. The molecule has 5 heteroatoms. The van der Waals surface area contributed by atoms with Crippen LogP contribution >= 0.6 is 15.9 Å². The van der Waals surface area contributed by atoms with E-state index in [9.17, 15) is 4.79 Å². The maximum absolute atomic E-state index is 12.1. The van der Waals surface area contributed by atoms with Gasteiger partial charge in [-0.15, -0.1) is 0 Å². The smallest absolute Gasteiger partial charge is 0.290 e. The van der Waals surface area contributed by atoms with Crippen LogP contribution in [-0.2, 0) is 4.74 Å². The first-order chi connectivity index (χ1) is 7.58. The zero-order valence-corrected chi connectivity index (χ0v) is 10.9. The lowest BCUT2D eigenvalue weighted by Crippen LogP contribution is -2.44. The first-order valence-electron chi connectivity index (χ1n) is 5.24. The molecule has 1 unspecified atom stereocenters. The molecule has 1 aromatic rings. The fourth-order valence-electron chi connectivity index (χ4n) is 1.80. The van der Waals surface area contributed by atoms with E-state index in [0.717, 1.165) is 5.56 Å². The molecule has 1 aliphatic heterocycles. The summed E-state index contributed by atoms with van der Waals surface area (Å²) in [5.74, 6) is 0.360. The van der Waals surface area contributed by atoms with Crippen molar-refractivity contribution in [3.05, 3.63) is 22.1 Å². The molecule has 1 saturated heterocycles. The van der Waals surface area contributed by atoms with Crippen molar-refractivity contribution in [3.63, 3.8) is 0 Å². The van der Waals surface area contributed by atoms with Crippen LogP contribution in [-0.4, -0.2) is 36.6 Å². The zero-order chi connectivity index (χ0) is 11.7. The average Bonchev–Trinajstić information content (AvgIpc) is 2.57. The zero-order valence-electron chi connectivity index (χ0n) is 9.33. The van der Waals surface area contributed by atoms with Crippen molar-refractivity contribution in [1.82, 2.24) is 4.90 Å². The number of halogens is 1. The molecule has 16 heavy (non-hydrogen) atoms. The molecule has 1 atom stereocenters. The van der Waals surface area contributed by atoms with E-state index in [0.29, 0.717) is 30.1 Å². The van der Waals surface area contributed by atoms with Crippen molar-refractivity contribution < 1.29 is 13.9 Å². The van der Waals surface area contributed by atoms with E-state index in [-0.39, 0.29) is 12.0 Å². The summed E-state index contributed by atoms with van der Waals surface area (Å²) in [6, 6.07) is 1.80. The highest BCUT2D eigenvalue weighted by atomic mass is 79.9. The Morgan fingerprint density at radius 1 is 1.62 bits per heavy atom. The van der Waals surface area contributed by atoms with Gasteiger partial charge in [-0.25, -0.2) is 0 Å². The van der Waals surface area contributed by atoms with E-state index < -0.39 is 0 Å². The molecule has 4 nitrogen and oxygen atoms in total. The number of amides is 1. The second kappa shape index (κ2) is 4.59. The maximum atomic E-state index is 12.1. The van der Waals surface area contributed by atoms with E-state index in [1.807, 2.05) is 13.8 Å². The van der Waals surface area contributed by atoms with Gasteiger partial charge in [-0.05, 0) is 35.8 Å². The molecule has 0 aromatic carbocycles. The van der Waals surface area contributed by atoms with Gasteiger partial charge in [-0.2, -0.15) is 0 Å². The highest BCUT2D eigenvalue weighted by Crippen LogP contribution is 2.21. The van der Waals surface area contributed by atoms with E-state index in [2.05, 4.69) is 15.9 Å². The molecule has 0 spiro atoms. The Morgan fingerprint density at radius 2 is 2.38 bits per heavy atom. The van der Waals surface area contributed by atoms with Gasteiger partial charge in [0.05, 0.1) is 12.7 Å². The van der Waals surface area contributed by atoms with Crippen molar-refractivity contribution in [2.24, 2.45) is 0 Å². The quantitative estimate of drug-likeness (QED) is 0.795. The summed E-state index contributed by atoms with van der Waals surface area (Å²) in [6.45, 7) is 5.67. The summed E-state index contributed by atoms with van der Waals surface area (Å²) in [7, 11) is 0. The molecule has 0 radical (unpaired) electrons. The highest BCUT2D eigenvalue weighted by molar-refractivity contribution is 9.10. The van der Waals surface area contributed by atoms with Crippen LogP contribution < -0.4 is 0 Å². The lowest BCUT2D eigenvalue weighted by molar-refractivity contribution is -0.0135. The molecular formula is C11H14BrNO3. The van der Waals surface area contributed by atoms with E-state index in [1.165, 1.54) is 0 Å². The summed E-state index contributed by atoms with van der Waals surface area (Å²) >= 11 is 3.23. The van der Waals surface area contributed by atoms with Gasteiger partial charge in [0.25, 0.3) is 5.91 Å². The second-order valence-electron chi connectivity index (χ2n) is 4.00. The van der Waals surface area contributed by atoms with Crippen molar-refractivity contribution in [2.45, 2.75) is 20.0 Å². The summed E-state index contributed by atoms with van der Waals surface area (Å²) in [6.07, 6.45) is 0.0939. The Morgan fingerprint density at radius 3 is 2.94 bits per heavy atom. The van der Waals surface area contributed by atoms with Gasteiger partial charge >= 0.3 is 0 Å². The summed E-state index contributed by atoms with van der Waals surface area (Å²) < 4.78 is 11.3. The lowest BCUT2D eigenvalue weighted by atomic mass is 10.2. The molecule has 0 saturated carbocycles. The third-order valence-electron chi connectivity index (χ3n) is 2.61. The number of carbonyl (C=O) groups excluding carboxylic acids is 1. The van der Waals surface area contributed by atoms with E-state index in [1.54, 1.807) is 11.0 Å².